The van der Waals surface area contributed by atoms with E-state index in [1.54, 1.807) is 18.3 Å². The van der Waals surface area contributed by atoms with E-state index in [4.69, 9.17) is 9.52 Å². The van der Waals surface area contributed by atoms with Gasteiger partial charge in [-0.05, 0) is 35.6 Å². The molecule has 15 heavy (non-hydrogen) atoms. The van der Waals surface area contributed by atoms with E-state index in [0.717, 1.165) is 8.45 Å². The number of hydrogen-bond acceptors (Lipinski definition) is 4. The molecule has 0 fully saturated rings. The standard InChI is InChI=1S/C9H6INO3S/c1-4-7(9(12)13)11-8(14-4)5-2-6(10)15-3-5/h2-3H,1H3,(H,12,13). The topological polar surface area (TPSA) is 63.3 Å². The number of aromatic nitrogens is 1. The van der Waals surface area contributed by atoms with Gasteiger partial charge in [0.15, 0.2) is 5.69 Å². The van der Waals surface area contributed by atoms with Crippen LogP contribution in [0, 0.1) is 9.81 Å². The molecule has 0 unspecified atom stereocenters. The average Bonchev–Trinajstić information content (AvgIpc) is 2.71. The Morgan fingerprint density at radius 3 is 2.87 bits per heavy atom. The zero-order valence-corrected chi connectivity index (χ0v) is 10.6. The first kappa shape index (κ1) is 10.6. The number of halogens is 1. The molecule has 0 radical (unpaired) electrons. The van der Waals surface area contributed by atoms with Gasteiger partial charge in [-0.2, -0.15) is 0 Å². The van der Waals surface area contributed by atoms with Crippen LogP contribution in [-0.2, 0) is 0 Å². The Morgan fingerprint density at radius 2 is 2.40 bits per heavy atom. The molecular weight excluding hydrogens is 329 g/mol. The number of hydrogen-bond donors (Lipinski definition) is 1. The minimum Gasteiger partial charge on any atom is -0.476 e. The summed E-state index contributed by atoms with van der Waals surface area (Å²) in [6, 6.07) is 1.90. The fraction of sp³-hybridized carbons (Fsp3) is 0.111. The number of carboxylic acid groups (broad SMARTS) is 1. The fourth-order valence-electron chi connectivity index (χ4n) is 1.14. The van der Waals surface area contributed by atoms with E-state index in [-0.39, 0.29) is 5.69 Å². The Morgan fingerprint density at radius 1 is 1.67 bits per heavy atom. The predicted molar refractivity (Wildman–Crippen MR) is 64.2 cm³/mol. The van der Waals surface area contributed by atoms with Crippen molar-refractivity contribution in [3.8, 4) is 11.5 Å². The molecule has 0 aliphatic carbocycles. The lowest BCUT2D eigenvalue weighted by Gasteiger charge is -1.85. The number of carbonyl (C=O) groups is 1. The molecule has 0 aliphatic rings. The second kappa shape index (κ2) is 3.93. The van der Waals surface area contributed by atoms with Gasteiger partial charge in [-0.1, -0.05) is 0 Å². The number of oxazole rings is 1. The van der Waals surface area contributed by atoms with E-state index in [2.05, 4.69) is 27.6 Å². The molecule has 0 saturated heterocycles. The number of nitrogens with zero attached hydrogens (tertiary/aromatic N) is 1. The summed E-state index contributed by atoms with van der Waals surface area (Å²) >= 11 is 3.75. The average molecular weight is 335 g/mol. The summed E-state index contributed by atoms with van der Waals surface area (Å²) in [6.45, 7) is 1.59. The summed E-state index contributed by atoms with van der Waals surface area (Å²) in [7, 11) is 0. The Labute approximate surface area is 103 Å². The molecule has 2 aromatic rings. The normalized spacial score (nSPS) is 10.5. The molecule has 0 amide bonds. The van der Waals surface area contributed by atoms with Gasteiger partial charge in [-0.25, -0.2) is 9.78 Å². The molecule has 2 aromatic heterocycles. The lowest BCUT2D eigenvalue weighted by Crippen LogP contribution is -1.98. The highest BCUT2D eigenvalue weighted by atomic mass is 127. The van der Waals surface area contributed by atoms with Crippen molar-refractivity contribution in [1.82, 2.24) is 4.98 Å². The lowest BCUT2D eigenvalue weighted by atomic mass is 10.3. The SMILES string of the molecule is Cc1oc(-c2csc(I)c2)nc1C(=O)O. The first-order valence-corrected chi connectivity index (χ1v) is 5.99. The van der Waals surface area contributed by atoms with Crippen LogP contribution in [0.15, 0.2) is 15.9 Å². The first-order chi connectivity index (χ1) is 7.08. The lowest BCUT2D eigenvalue weighted by molar-refractivity contribution is 0.0689. The van der Waals surface area contributed by atoms with Crippen LogP contribution < -0.4 is 0 Å². The van der Waals surface area contributed by atoms with E-state index in [0.29, 0.717) is 11.7 Å². The Hall–Kier alpha value is -0.890. The third-order valence-electron chi connectivity index (χ3n) is 1.81. The molecule has 0 saturated carbocycles. The summed E-state index contributed by atoms with van der Waals surface area (Å²) < 4.78 is 6.39. The van der Waals surface area contributed by atoms with Gasteiger partial charge in [0.25, 0.3) is 0 Å². The number of carboxylic acids is 1. The second-order valence-electron chi connectivity index (χ2n) is 2.87. The Bertz CT molecular complexity index is 517. The molecule has 0 aliphatic heterocycles. The number of aryl methyl sites for hydroxylation is 1. The molecule has 2 heterocycles. The van der Waals surface area contributed by atoms with Gasteiger partial charge in [0.2, 0.25) is 5.89 Å². The van der Waals surface area contributed by atoms with E-state index in [1.165, 1.54) is 0 Å². The first-order valence-electron chi connectivity index (χ1n) is 4.03. The summed E-state index contributed by atoms with van der Waals surface area (Å²) in [6.07, 6.45) is 0. The highest BCUT2D eigenvalue weighted by molar-refractivity contribution is 14.1. The highest BCUT2D eigenvalue weighted by Gasteiger charge is 2.17. The maximum Gasteiger partial charge on any atom is 0.358 e. The predicted octanol–water partition coefficient (Wildman–Crippen LogP) is 3.01. The highest BCUT2D eigenvalue weighted by Crippen LogP contribution is 2.27. The summed E-state index contributed by atoms with van der Waals surface area (Å²) in [4.78, 5) is 14.7. The molecule has 0 spiro atoms. The summed E-state index contributed by atoms with van der Waals surface area (Å²) in [5.74, 6) is -0.366. The van der Waals surface area contributed by atoms with Crippen LogP contribution in [0.4, 0.5) is 0 Å². The maximum absolute atomic E-state index is 10.8. The molecular formula is C9H6INO3S. The van der Waals surface area contributed by atoms with Crippen LogP contribution in [0.1, 0.15) is 16.2 Å². The number of rotatable bonds is 2. The second-order valence-corrected chi connectivity index (χ2v) is 5.67. The fourth-order valence-corrected chi connectivity index (χ4v) is 2.46. The third-order valence-corrected chi connectivity index (χ3v) is 3.60. The van der Waals surface area contributed by atoms with E-state index < -0.39 is 5.97 Å². The van der Waals surface area contributed by atoms with Crippen LogP contribution in [-0.4, -0.2) is 16.1 Å². The van der Waals surface area contributed by atoms with Gasteiger partial charge in [0.1, 0.15) is 5.76 Å². The molecule has 0 aromatic carbocycles. The van der Waals surface area contributed by atoms with Crippen molar-refractivity contribution < 1.29 is 14.3 Å². The van der Waals surface area contributed by atoms with Crippen molar-refractivity contribution in [3.63, 3.8) is 0 Å². The summed E-state index contributed by atoms with van der Waals surface area (Å²) in [5, 5.41) is 10.7. The molecule has 1 N–H and O–H groups in total. The monoisotopic (exact) mass is 335 g/mol. The van der Waals surface area contributed by atoms with Crippen LogP contribution >= 0.6 is 33.9 Å². The van der Waals surface area contributed by atoms with E-state index in [9.17, 15) is 4.79 Å². The van der Waals surface area contributed by atoms with Crippen molar-refractivity contribution >= 4 is 39.9 Å². The van der Waals surface area contributed by atoms with Crippen LogP contribution in [0.5, 0.6) is 0 Å². The minimum absolute atomic E-state index is 0.0220. The minimum atomic E-state index is -1.06. The maximum atomic E-state index is 10.8. The Kier molecular flexibility index (Phi) is 2.79. The van der Waals surface area contributed by atoms with E-state index >= 15 is 0 Å². The molecule has 0 bridgehead atoms. The number of aromatic carboxylic acids is 1. The zero-order valence-electron chi connectivity index (χ0n) is 7.65. The van der Waals surface area contributed by atoms with Gasteiger partial charge < -0.3 is 9.52 Å². The van der Waals surface area contributed by atoms with Crippen molar-refractivity contribution in [1.29, 1.82) is 0 Å². The van der Waals surface area contributed by atoms with Gasteiger partial charge >= 0.3 is 5.97 Å². The van der Waals surface area contributed by atoms with E-state index in [1.807, 2.05) is 11.4 Å². The zero-order chi connectivity index (χ0) is 11.0. The molecule has 2 rings (SSSR count). The van der Waals surface area contributed by atoms with Gasteiger partial charge in [-0.3, -0.25) is 0 Å². The van der Waals surface area contributed by atoms with Crippen molar-refractivity contribution in [2.45, 2.75) is 6.92 Å². The number of thiophene rings is 1. The van der Waals surface area contributed by atoms with Crippen LogP contribution in [0.2, 0.25) is 0 Å². The van der Waals surface area contributed by atoms with Crippen molar-refractivity contribution in [3.05, 3.63) is 25.8 Å². The molecule has 78 valence electrons. The smallest absolute Gasteiger partial charge is 0.358 e. The van der Waals surface area contributed by atoms with Crippen LogP contribution in [0.25, 0.3) is 11.5 Å². The van der Waals surface area contributed by atoms with Gasteiger partial charge in [0.05, 0.1) is 2.88 Å². The van der Waals surface area contributed by atoms with Crippen molar-refractivity contribution in [2.24, 2.45) is 0 Å². The molecule has 6 heteroatoms. The van der Waals surface area contributed by atoms with Gasteiger partial charge in [0, 0.05) is 10.9 Å². The van der Waals surface area contributed by atoms with Crippen LogP contribution in [0.3, 0.4) is 0 Å². The van der Waals surface area contributed by atoms with Crippen molar-refractivity contribution in [2.75, 3.05) is 0 Å². The largest absolute Gasteiger partial charge is 0.476 e. The quantitative estimate of drug-likeness (QED) is 0.857. The Balaban J connectivity index is 2.46. The third kappa shape index (κ3) is 2.05. The molecule has 0 atom stereocenters. The van der Waals surface area contributed by atoms with Gasteiger partial charge in [-0.15, -0.1) is 11.3 Å². The summed E-state index contributed by atoms with van der Waals surface area (Å²) in [5.41, 5.74) is 0.797. The molecule has 4 nitrogen and oxygen atoms in total.